The Labute approximate surface area is 217 Å². The molecule has 1 saturated carbocycles. The Balaban J connectivity index is 1.62. The summed E-state index contributed by atoms with van der Waals surface area (Å²) in [5.74, 6) is -2.23. The summed E-state index contributed by atoms with van der Waals surface area (Å²) in [5, 5.41) is 2.96. The van der Waals surface area contributed by atoms with E-state index >= 15 is 0 Å². The highest BCUT2D eigenvalue weighted by Crippen LogP contribution is 2.59. The number of rotatable bonds is 5. The summed E-state index contributed by atoms with van der Waals surface area (Å²) in [6.07, 6.45) is -3.81. The van der Waals surface area contributed by atoms with Crippen molar-refractivity contribution in [2.45, 2.75) is 66.6 Å². The van der Waals surface area contributed by atoms with Gasteiger partial charge in [0.15, 0.2) is 9.84 Å². The number of sulfone groups is 1. The zero-order valence-corrected chi connectivity index (χ0v) is 21.5. The summed E-state index contributed by atoms with van der Waals surface area (Å²) in [7, 11) is -4.25. The minimum atomic E-state index is -5.16. The molecule has 3 aliphatic rings. The zero-order valence-electron chi connectivity index (χ0n) is 20.7. The summed E-state index contributed by atoms with van der Waals surface area (Å²) in [6.45, 7) is 1.33. The molecule has 0 radical (unpaired) electrons. The fourth-order valence-electron chi connectivity index (χ4n) is 6.40. The standard InChI is InChI=1S/C27H28F5NO4S/c1-25(29,27(30,31)32)17-3-9-22-16(14-17)2-8-23-21(24(34)33-19-11-13-37-15-19)10-12-26(22,23)38(35,36)20-6-4-18(28)5-7-20/h3-7,9,14,19,21,23H,2,8,10-13,15H2,1H3,(H,33,34)/t19-,21+,23-,25?,26+/m0/s1. The van der Waals surface area contributed by atoms with Crippen LogP contribution in [-0.2, 0) is 36.2 Å². The van der Waals surface area contributed by atoms with Crippen molar-refractivity contribution in [3.63, 3.8) is 0 Å². The van der Waals surface area contributed by atoms with Crippen LogP contribution >= 0.6 is 0 Å². The Bertz CT molecular complexity index is 1340. The molecule has 0 spiro atoms. The van der Waals surface area contributed by atoms with Crippen LogP contribution in [0, 0.1) is 17.7 Å². The number of fused-ring (bicyclic) bond motifs is 3. The number of carbonyl (C=O) groups excluding carboxylic acids is 1. The number of ether oxygens (including phenoxy) is 1. The van der Waals surface area contributed by atoms with Crippen LogP contribution in [-0.4, -0.2) is 39.8 Å². The topological polar surface area (TPSA) is 72.5 Å². The third kappa shape index (κ3) is 4.13. The van der Waals surface area contributed by atoms with Gasteiger partial charge < -0.3 is 10.1 Å². The van der Waals surface area contributed by atoms with Crippen molar-refractivity contribution in [2.24, 2.45) is 11.8 Å². The van der Waals surface area contributed by atoms with Crippen molar-refractivity contribution in [1.82, 2.24) is 5.32 Å². The minimum Gasteiger partial charge on any atom is -0.379 e. The zero-order chi connectivity index (χ0) is 27.5. The minimum absolute atomic E-state index is 0.0507. The van der Waals surface area contributed by atoms with E-state index in [1.807, 2.05) is 0 Å². The summed E-state index contributed by atoms with van der Waals surface area (Å²) in [4.78, 5) is 13.2. The van der Waals surface area contributed by atoms with E-state index < -0.39 is 49.6 Å². The molecule has 1 heterocycles. The maximum absolute atomic E-state index is 14.8. The molecule has 2 aromatic carbocycles. The molecule has 11 heteroatoms. The van der Waals surface area contributed by atoms with Gasteiger partial charge in [0.2, 0.25) is 11.6 Å². The molecular weight excluding hydrogens is 529 g/mol. The lowest BCUT2D eigenvalue weighted by Crippen LogP contribution is -2.48. The Hall–Kier alpha value is -2.53. The largest absolute Gasteiger partial charge is 0.426 e. The fraction of sp³-hybridized carbons (Fsp3) is 0.519. The van der Waals surface area contributed by atoms with Crippen LogP contribution in [0.1, 0.15) is 49.3 Å². The van der Waals surface area contributed by atoms with Gasteiger partial charge in [0.1, 0.15) is 10.6 Å². The van der Waals surface area contributed by atoms with E-state index in [0.29, 0.717) is 32.1 Å². The van der Waals surface area contributed by atoms with E-state index in [9.17, 15) is 35.2 Å². The number of alkyl halides is 4. The highest BCUT2D eigenvalue weighted by Gasteiger charge is 2.62. The van der Waals surface area contributed by atoms with E-state index in [4.69, 9.17) is 4.74 Å². The Morgan fingerprint density at radius 2 is 1.76 bits per heavy atom. The van der Waals surface area contributed by atoms with Gasteiger partial charge in [-0.2, -0.15) is 13.2 Å². The van der Waals surface area contributed by atoms with Crippen LogP contribution in [0.3, 0.4) is 0 Å². The van der Waals surface area contributed by atoms with Crippen molar-refractivity contribution >= 4 is 15.7 Å². The molecule has 1 saturated heterocycles. The van der Waals surface area contributed by atoms with Gasteiger partial charge in [-0.3, -0.25) is 4.79 Å². The lowest BCUT2D eigenvalue weighted by molar-refractivity contribution is -0.228. The van der Waals surface area contributed by atoms with Gasteiger partial charge in [-0.05, 0) is 85.9 Å². The molecule has 2 aromatic rings. The van der Waals surface area contributed by atoms with E-state index in [-0.39, 0.29) is 48.1 Å². The van der Waals surface area contributed by atoms with Crippen molar-refractivity contribution in [3.05, 3.63) is 65.0 Å². The molecule has 1 unspecified atom stereocenters. The van der Waals surface area contributed by atoms with Crippen LogP contribution in [0.15, 0.2) is 47.4 Å². The number of hydrogen-bond donors (Lipinski definition) is 1. The van der Waals surface area contributed by atoms with E-state index in [1.54, 1.807) is 0 Å². The average Bonchev–Trinajstić information content (AvgIpc) is 3.51. The third-order valence-electron chi connectivity index (χ3n) is 8.49. The summed E-state index contributed by atoms with van der Waals surface area (Å²) < 4.78 is 101. The molecule has 206 valence electrons. The number of carbonyl (C=O) groups is 1. The first-order valence-corrected chi connectivity index (χ1v) is 14.0. The van der Waals surface area contributed by atoms with E-state index in [0.717, 1.165) is 36.4 Å². The Morgan fingerprint density at radius 3 is 2.39 bits per heavy atom. The van der Waals surface area contributed by atoms with Crippen molar-refractivity contribution in [3.8, 4) is 0 Å². The van der Waals surface area contributed by atoms with Crippen molar-refractivity contribution in [2.75, 3.05) is 13.2 Å². The Morgan fingerprint density at radius 1 is 1.05 bits per heavy atom. The van der Waals surface area contributed by atoms with Gasteiger partial charge in [0, 0.05) is 12.5 Å². The van der Waals surface area contributed by atoms with Gasteiger partial charge in [0.25, 0.3) is 0 Å². The SMILES string of the molecule is CC(F)(c1ccc2c(c1)CC[C@H]1[C@H](C(=O)N[C@H]3CCOC3)CC[C@@]21S(=O)(=O)c1ccc(F)cc1)C(F)(F)F. The molecule has 2 fully saturated rings. The first-order chi connectivity index (χ1) is 17.8. The quantitative estimate of drug-likeness (QED) is 0.409. The smallest absolute Gasteiger partial charge is 0.379 e. The van der Waals surface area contributed by atoms with Crippen LogP contribution < -0.4 is 5.32 Å². The van der Waals surface area contributed by atoms with Gasteiger partial charge in [0.05, 0.1) is 17.5 Å². The molecule has 1 aliphatic heterocycles. The maximum Gasteiger partial charge on any atom is 0.426 e. The van der Waals surface area contributed by atoms with Crippen LogP contribution in [0.2, 0.25) is 0 Å². The second-order valence-electron chi connectivity index (χ2n) is 10.6. The van der Waals surface area contributed by atoms with Gasteiger partial charge in [-0.25, -0.2) is 17.2 Å². The number of amides is 1. The number of halogens is 5. The molecule has 2 aliphatic carbocycles. The maximum atomic E-state index is 14.8. The highest BCUT2D eigenvalue weighted by molar-refractivity contribution is 7.92. The molecule has 1 amide bonds. The predicted octanol–water partition coefficient (Wildman–Crippen LogP) is 5.12. The number of hydrogen-bond acceptors (Lipinski definition) is 4. The molecule has 5 atom stereocenters. The third-order valence-corrected chi connectivity index (χ3v) is 11.1. The number of aryl methyl sites for hydroxylation is 1. The first kappa shape index (κ1) is 27.1. The number of nitrogens with one attached hydrogen (secondary N) is 1. The van der Waals surface area contributed by atoms with Gasteiger partial charge in [-0.15, -0.1) is 0 Å². The molecular formula is C27H28F5NO4S. The van der Waals surface area contributed by atoms with Crippen LogP contribution in [0.4, 0.5) is 22.0 Å². The van der Waals surface area contributed by atoms with Gasteiger partial charge in [-0.1, -0.05) is 18.2 Å². The number of benzene rings is 2. The fourth-order valence-corrected chi connectivity index (χ4v) is 8.87. The lowest BCUT2D eigenvalue weighted by atomic mass is 9.72. The molecule has 0 aromatic heterocycles. The first-order valence-electron chi connectivity index (χ1n) is 12.6. The van der Waals surface area contributed by atoms with E-state index in [2.05, 4.69) is 5.32 Å². The molecule has 5 nitrogen and oxygen atoms in total. The normalized spacial score (nSPS) is 28.8. The van der Waals surface area contributed by atoms with Crippen molar-refractivity contribution in [1.29, 1.82) is 0 Å². The predicted molar refractivity (Wildman–Crippen MR) is 128 cm³/mol. The molecule has 1 N–H and O–H groups in total. The molecule has 5 rings (SSSR count). The highest BCUT2D eigenvalue weighted by atomic mass is 32.2. The molecule has 0 bridgehead atoms. The summed E-state index contributed by atoms with van der Waals surface area (Å²) >= 11 is 0. The van der Waals surface area contributed by atoms with Crippen LogP contribution in [0.25, 0.3) is 0 Å². The van der Waals surface area contributed by atoms with Crippen molar-refractivity contribution < 1.29 is 39.9 Å². The lowest BCUT2D eigenvalue weighted by Gasteiger charge is -2.42. The monoisotopic (exact) mass is 557 g/mol. The molecule has 38 heavy (non-hydrogen) atoms. The second-order valence-corrected chi connectivity index (χ2v) is 12.8. The van der Waals surface area contributed by atoms with Crippen LogP contribution in [0.5, 0.6) is 0 Å². The Kier molecular flexibility index (Phi) is 6.61. The average molecular weight is 558 g/mol. The van der Waals surface area contributed by atoms with E-state index in [1.165, 1.54) is 6.07 Å². The summed E-state index contributed by atoms with van der Waals surface area (Å²) in [5.41, 5.74) is -3.64. The second kappa shape index (κ2) is 9.29. The van der Waals surface area contributed by atoms with Gasteiger partial charge >= 0.3 is 6.18 Å². The summed E-state index contributed by atoms with van der Waals surface area (Å²) in [6, 6.07) is 7.56.